The van der Waals surface area contributed by atoms with Gasteiger partial charge in [0.2, 0.25) is 0 Å². The molecule has 0 radical (unpaired) electrons. The van der Waals surface area contributed by atoms with Crippen LogP contribution in [0.5, 0.6) is 0 Å². The van der Waals surface area contributed by atoms with Crippen LogP contribution in [0.15, 0.2) is 158 Å². The van der Waals surface area contributed by atoms with Gasteiger partial charge < -0.3 is 4.57 Å². The van der Waals surface area contributed by atoms with Gasteiger partial charge in [-0.15, -0.1) is 0 Å². The minimum absolute atomic E-state index is 0.650. The molecular weight excluding hydrogens is 597 g/mol. The summed E-state index contributed by atoms with van der Waals surface area (Å²) >= 11 is 0. The lowest BCUT2D eigenvalue weighted by Crippen LogP contribution is -2.00. The first kappa shape index (κ1) is 26.4. The van der Waals surface area contributed by atoms with Gasteiger partial charge in [-0.3, -0.25) is 0 Å². The van der Waals surface area contributed by atoms with Crippen molar-refractivity contribution >= 4 is 64.9 Å². The van der Waals surface area contributed by atoms with E-state index in [4.69, 9.17) is 15.0 Å². The van der Waals surface area contributed by atoms with Crippen LogP contribution in [0.25, 0.3) is 105 Å². The molecule has 4 heteroatoms. The van der Waals surface area contributed by atoms with E-state index in [9.17, 15) is 0 Å². The SMILES string of the molecule is c1ccc(-c2nc(-c3ccccc3)nc(-c3ccc(-n4c5cccc6c7cccc8c9ccccc9c9ccc4c(c9c87)c65)cc3)n2)cc1. The summed E-state index contributed by atoms with van der Waals surface area (Å²) in [5, 5.41) is 13.2. The van der Waals surface area contributed by atoms with Crippen LogP contribution in [-0.4, -0.2) is 19.5 Å². The summed E-state index contributed by atoms with van der Waals surface area (Å²) in [6.45, 7) is 0. The smallest absolute Gasteiger partial charge is 0.164 e. The van der Waals surface area contributed by atoms with E-state index in [1.807, 2.05) is 60.7 Å². The summed E-state index contributed by atoms with van der Waals surface area (Å²) in [5.74, 6) is 1.97. The number of benzene rings is 9. The van der Waals surface area contributed by atoms with Crippen molar-refractivity contribution in [2.24, 2.45) is 0 Å². The molecule has 0 bridgehead atoms. The van der Waals surface area contributed by atoms with E-state index in [1.54, 1.807) is 0 Å². The number of rotatable bonds is 4. The van der Waals surface area contributed by atoms with Crippen LogP contribution < -0.4 is 0 Å². The molecule has 0 N–H and O–H groups in total. The Balaban J connectivity index is 1.14. The fourth-order valence-electron chi connectivity index (χ4n) is 8.06. The number of hydrogen-bond acceptors (Lipinski definition) is 3. The molecule has 9 aromatic carbocycles. The summed E-state index contributed by atoms with van der Waals surface area (Å²) < 4.78 is 2.42. The van der Waals surface area contributed by atoms with E-state index in [2.05, 4.69) is 102 Å². The number of fused-ring (bicyclic) bond motifs is 4. The third kappa shape index (κ3) is 3.71. The molecule has 0 aliphatic rings. The van der Waals surface area contributed by atoms with Gasteiger partial charge in [-0.05, 0) is 74.1 Å². The van der Waals surface area contributed by atoms with Crippen LogP contribution in [0.4, 0.5) is 0 Å². The zero-order valence-corrected chi connectivity index (χ0v) is 26.3. The Morgan fingerprint density at radius 3 is 1.35 bits per heavy atom. The highest BCUT2D eigenvalue weighted by molar-refractivity contribution is 6.44. The Morgan fingerprint density at radius 1 is 0.286 bits per heavy atom. The van der Waals surface area contributed by atoms with Gasteiger partial charge in [0.25, 0.3) is 0 Å². The average molecular weight is 623 g/mol. The highest BCUT2D eigenvalue weighted by Crippen LogP contribution is 2.49. The standard InChI is InChI=1S/C45H26N4/c1-3-11-27(12-4-1)43-46-44(28-13-5-2-6-14-28)48-45(47-43)29-21-23-30(24-22-29)49-37-20-10-19-35-34-18-9-17-33-31-15-7-8-16-32(31)36-25-26-38(49)42(40(35)37)41(36)39(33)34/h1-26H. The van der Waals surface area contributed by atoms with Crippen molar-refractivity contribution in [2.75, 3.05) is 0 Å². The Hall–Kier alpha value is -6.65. The Labute approximate surface area is 281 Å². The highest BCUT2D eigenvalue weighted by atomic mass is 15.0. The third-order valence-electron chi connectivity index (χ3n) is 10.2. The zero-order chi connectivity index (χ0) is 32.1. The number of aromatic nitrogens is 4. The first-order valence-electron chi connectivity index (χ1n) is 16.6. The number of nitrogens with zero attached hydrogens (tertiary/aromatic N) is 4. The summed E-state index contributed by atoms with van der Waals surface area (Å²) in [5.41, 5.74) is 6.39. The minimum atomic E-state index is 0.650. The van der Waals surface area contributed by atoms with Crippen LogP contribution in [0, 0.1) is 0 Å². The average Bonchev–Trinajstić information content (AvgIpc) is 3.53. The predicted octanol–water partition coefficient (Wildman–Crippen LogP) is 11.5. The molecule has 0 spiro atoms. The van der Waals surface area contributed by atoms with Crippen LogP contribution in [-0.2, 0) is 0 Å². The zero-order valence-electron chi connectivity index (χ0n) is 26.3. The first-order valence-corrected chi connectivity index (χ1v) is 16.6. The van der Waals surface area contributed by atoms with Crippen LogP contribution in [0.1, 0.15) is 0 Å². The Morgan fingerprint density at radius 2 is 0.735 bits per heavy atom. The van der Waals surface area contributed by atoms with E-state index < -0.39 is 0 Å². The topological polar surface area (TPSA) is 43.6 Å². The largest absolute Gasteiger partial charge is 0.309 e. The molecule has 0 saturated heterocycles. The number of hydrogen-bond donors (Lipinski definition) is 0. The molecule has 0 atom stereocenters. The van der Waals surface area contributed by atoms with E-state index in [0.29, 0.717) is 17.5 Å². The third-order valence-corrected chi connectivity index (χ3v) is 10.2. The second kappa shape index (κ2) is 9.93. The second-order valence-corrected chi connectivity index (χ2v) is 12.8. The van der Waals surface area contributed by atoms with Crippen molar-refractivity contribution in [3.8, 4) is 39.9 Å². The van der Waals surface area contributed by atoms with Gasteiger partial charge in [-0.2, -0.15) is 0 Å². The van der Waals surface area contributed by atoms with Gasteiger partial charge in [-0.25, -0.2) is 15.0 Å². The fourth-order valence-corrected chi connectivity index (χ4v) is 8.06. The van der Waals surface area contributed by atoms with Crippen molar-refractivity contribution in [3.63, 3.8) is 0 Å². The lowest BCUT2D eigenvalue weighted by atomic mass is 9.86. The first-order chi connectivity index (χ1) is 24.3. The maximum atomic E-state index is 4.96. The normalized spacial score (nSPS) is 12.1. The van der Waals surface area contributed by atoms with Crippen LogP contribution >= 0.6 is 0 Å². The second-order valence-electron chi connectivity index (χ2n) is 12.8. The molecule has 0 fully saturated rings. The van der Waals surface area contributed by atoms with E-state index in [0.717, 1.165) is 22.4 Å². The van der Waals surface area contributed by atoms with Crippen LogP contribution in [0.3, 0.4) is 0 Å². The van der Waals surface area contributed by atoms with Gasteiger partial charge in [-0.1, -0.05) is 121 Å². The van der Waals surface area contributed by atoms with E-state index in [-0.39, 0.29) is 0 Å². The summed E-state index contributed by atoms with van der Waals surface area (Å²) in [4.78, 5) is 14.8. The lowest BCUT2D eigenvalue weighted by Gasteiger charge is -2.16. The van der Waals surface area contributed by atoms with Gasteiger partial charge in [0.05, 0.1) is 11.0 Å². The van der Waals surface area contributed by atoms with Crippen molar-refractivity contribution in [2.45, 2.75) is 0 Å². The molecule has 11 rings (SSSR count). The van der Waals surface area contributed by atoms with E-state index >= 15 is 0 Å². The monoisotopic (exact) mass is 622 g/mol. The molecule has 11 aromatic rings. The Bertz CT molecular complexity index is 2960. The molecule has 2 aromatic heterocycles. The lowest BCUT2D eigenvalue weighted by molar-refractivity contribution is 1.07. The van der Waals surface area contributed by atoms with Crippen LogP contribution in [0.2, 0.25) is 0 Å². The molecule has 0 unspecified atom stereocenters. The maximum Gasteiger partial charge on any atom is 0.164 e. The summed E-state index contributed by atoms with van der Waals surface area (Å²) in [7, 11) is 0. The van der Waals surface area contributed by atoms with Gasteiger partial charge in [0.1, 0.15) is 0 Å². The van der Waals surface area contributed by atoms with Crippen molar-refractivity contribution in [1.82, 2.24) is 19.5 Å². The van der Waals surface area contributed by atoms with Crippen molar-refractivity contribution in [3.05, 3.63) is 158 Å². The molecule has 4 nitrogen and oxygen atoms in total. The molecule has 0 aliphatic carbocycles. The molecular formula is C45H26N4. The fraction of sp³-hybridized carbons (Fsp3) is 0. The summed E-state index contributed by atoms with van der Waals surface area (Å²) in [6, 6.07) is 55.9. The van der Waals surface area contributed by atoms with E-state index in [1.165, 1.54) is 64.9 Å². The quantitative estimate of drug-likeness (QED) is 0.145. The molecule has 0 aliphatic heterocycles. The van der Waals surface area contributed by atoms with Gasteiger partial charge in [0.15, 0.2) is 17.5 Å². The highest BCUT2D eigenvalue weighted by Gasteiger charge is 2.23. The summed E-state index contributed by atoms with van der Waals surface area (Å²) in [6.07, 6.45) is 0. The molecule has 0 amide bonds. The molecule has 2 heterocycles. The van der Waals surface area contributed by atoms with Gasteiger partial charge in [0, 0.05) is 38.5 Å². The van der Waals surface area contributed by atoms with Crippen molar-refractivity contribution < 1.29 is 0 Å². The molecule has 49 heavy (non-hydrogen) atoms. The van der Waals surface area contributed by atoms with Gasteiger partial charge >= 0.3 is 0 Å². The predicted molar refractivity (Wildman–Crippen MR) is 203 cm³/mol. The Kier molecular flexibility index (Phi) is 5.35. The molecule has 0 saturated carbocycles. The minimum Gasteiger partial charge on any atom is -0.309 e. The molecule has 226 valence electrons. The maximum absolute atomic E-state index is 4.96. The van der Waals surface area contributed by atoms with Crippen molar-refractivity contribution in [1.29, 1.82) is 0 Å².